The molecule has 0 aliphatic carbocycles. The lowest BCUT2D eigenvalue weighted by Crippen LogP contribution is -2.13. The lowest BCUT2D eigenvalue weighted by atomic mass is 10.3. The molecule has 7 heteroatoms. The molecule has 1 N–H and O–H groups in total. The van der Waals surface area contributed by atoms with Crippen molar-refractivity contribution in [1.29, 1.82) is 0 Å². The molecule has 1 amide bonds. The van der Waals surface area contributed by atoms with Crippen LogP contribution < -0.4 is 5.32 Å². The first-order valence-corrected chi connectivity index (χ1v) is 9.53. The third-order valence-corrected chi connectivity index (χ3v) is 5.03. The van der Waals surface area contributed by atoms with E-state index in [1.54, 1.807) is 42.7 Å². The van der Waals surface area contributed by atoms with Crippen LogP contribution in [0.25, 0.3) is 22.6 Å². The van der Waals surface area contributed by atoms with Crippen molar-refractivity contribution in [2.45, 2.75) is 4.90 Å². The molecule has 0 aliphatic rings. The van der Waals surface area contributed by atoms with E-state index in [9.17, 15) is 4.79 Å². The van der Waals surface area contributed by atoms with E-state index in [-0.39, 0.29) is 5.91 Å². The number of rotatable bonds is 5. The van der Waals surface area contributed by atoms with Crippen molar-refractivity contribution in [3.8, 4) is 11.5 Å². The molecule has 0 radical (unpaired) electrons. The maximum atomic E-state index is 12.2. The largest absolute Gasteiger partial charge is 0.436 e. The number of fused-ring (bicyclic) bond motifs is 1. The highest BCUT2D eigenvalue weighted by molar-refractivity contribution is 8.00. The maximum Gasteiger partial charge on any atom is 0.234 e. The molecule has 2 heterocycles. The second kappa shape index (κ2) is 7.82. The van der Waals surface area contributed by atoms with Crippen LogP contribution in [0.4, 0.5) is 5.69 Å². The predicted octanol–water partition coefficient (Wildman–Crippen LogP) is 5.27. The molecule has 0 saturated carbocycles. The fraction of sp³-hybridized carbons (Fsp3) is 0.0500. The Balaban J connectivity index is 1.44. The summed E-state index contributed by atoms with van der Waals surface area (Å²) >= 11 is 7.31. The zero-order valence-corrected chi connectivity index (χ0v) is 15.6. The summed E-state index contributed by atoms with van der Waals surface area (Å²) in [7, 11) is 0. The van der Waals surface area contributed by atoms with E-state index in [1.807, 2.05) is 24.3 Å². The van der Waals surface area contributed by atoms with Gasteiger partial charge in [0.05, 0.1) is 11.3 Å². The van der Waals surface area contributed by atoms with Crippen molar-refractivity contribution >= 4 is 46.1 Å². The molecule has 0 spiro atoms. The Labute approximate surface area is 164 Å². The first-order chi connectivity index (χ1) is 13.2. The Hall–Kier alpha value is -2.83. The van der Waals surface area contributed by atoms with Crippen LogP contribution in [0.2, 0.25) is 5.02 Å². The number of oxazole rings is 1. The molecule has 4 rings (SSSR count). The Bertz CT molecular complexity index is 1080. The number of nitrogens with zero attached hydrogens (tertiary/aromatic N) is 2. The standard InChI is InChI=1S/C20H14ClN3O2S/c21-14-3-6-16(7-4-14)27-12-19(25)23-15-5-8-18-17(10-15)24-20(26-18)13-2-1-9-22-11-13/h1-11H,12H2,(H,23,25). The van der Waals surface area contributed by atoms with Crippen molar-refractivity contribution in [1.82, 2.24) is 9.97 Å². The number of hydrogen-bond acceptors (Lipinski definition) is 5. The number of amides is 1. The molecule has 4 aromatic rings. The van der Waals surface area contributed by atoms with Gasteiger partial charge < -0.3 is 9.73 Å². The molecule has 2 aromatic carbocycles. The normalized spacial score (nSPS) is 10.9. The number of aromatic nitrogens is 2. The number of halogens is 1. The second-order valence-electron chi connectivity index (χ2n) is 5.73. The average Bonchev–Trinajstić information content (AvgIpc) is 3.12. The summed E-state index contributed by atoms with van der Waals surface area (Å²) in [6.07, 6.45) is 3.39. The molecule has 0 unspecified atom stereocenters. The van der Waals surface area contributed by atoms with Gasteiger partial charge >= 0.3 is 0 Å². The lowest BCUT2D eigenvalue weighted by Gasteiger charge is -2.05. The summed E-state index contributed by atoms with van der Waals surface area (Å²) in [5, 5.41) is 3.56. The van der Waals surface area contributed by atoms with Crippen LogP contribution in [0.1, 0.15) is 0 Å². The number of carbonyl (C=O) groups is 1. The van der Waals surface area contributed by atoms with Crippen molar-refractivity contribution in [2.75, 3.05) is 11.1 Å². The van der Waals surface area contributed by atoms with E-state index in [0.29, 0.717) is 33.5 Å². The van der Waals surface area contributed by atoms with E-state index in [2.05, 4.69) is 15.3 Å². The Morgan fingerprint density at radius 3 is 2.78 bits per heavy atom. The first kappa shape index (κ1) is 17.6. The van der Waals surface area contributed by atoms with Gasteiger partial charge in [0, 0.05) is 28.0 Å². The first-order valence-electron chi connectivity index (χ1n) is 8.16. The molecule has 0 fully saturated rings. The average molecular weight is 396 g/mol. The van der Waals surface area contributed by atoms with Gasteiger partial charge in [-0.25, -0.2) is 4.98 Å². The highest BCUT2D eigenvalue weighted by Crippen LogP contribution is 2.26. The molecule has 0 saturated heterocycles. The van der Waals surface area contributed by atoms with Gasteiger partial charge in [0.2, 0.25) is 11.8 Å². The molecule has 134 valence electrons. The minimum atomic E-state index is -0.0923. The van der Waals surface area contributed by atoms with E-state index in [0.717, 1.165) is 10.5 Å². The molecule has 2 aromatic heterocycles. The highest BCUT2D eigenvalue weighted by atomic mass is 35.5. The number of nitrogens with one attached hydrogen (secondary N) is 1. The monoisotopic (exact) mass is 395 g/mol. The van der Waals surface area contributed by atoms with E-state index in [4.69, 9.17) is 16.0 Å². The number of hydrogen-bond donors (Lipinski definition) is 1. The third kappa shape index (κ3) is 4.30. The zero-order valence-electron chi connectivity index (χ0n) is 14.1. The smallest absolute Gasteiger partial charge is 0.234 e. The maximum absolute atomic E-state index is 12.2. The highest BCUT2D eigenvalue weighted by Gasteiger charge is 2.10. The van der Waals surface area contributed by atoms with Gasteiger partial charge in [0.25, 0.3) is 0 Å². The Morgan fingerprint density at radius 2 is 2.00 bits per heavy atom. The van der Waals surface area contributed by atoms with Gasteiger partial charge in [0.15, 0.2) is 5.58 Å². The molecular weight excluding hydrogens is 382 g/mol. The minimum absolute atomic E-state index is 0.0923. The molecule has 0 atom stereocenters. The zero-order chi connectivity index (χ0) is 18.6. The fourth-order valence-corrected chi connectivity index (χ4v) is 3.32. The second-order valence-corrected chi connectivity index (χ2v) is 7.22. The minimum Gasteiger partial charge on any atom is -0.436 e. The van der Waals surface area contributed by atoms with Crippen LogP contribution in [-0.4, -0.2) is 21.6 Å². The lowest BCUT2D eigenvalue weighted by molar-refractivity contribution is -0.113. The number of thioether (sulfide) groups is 1. The Kier molecular flexibility index (Phi) is 5.09. The fourth-order valence-electron chi connectivity index (χ4n) is 2.49. The summed E-state index contributed by atoms with van der Waals surface area (Å²) < 4.78 is 5.75. The summed E-state index contributed by atoms with van der Waals surface area (Å²) in [5.41, 5.74) is 2.81. The van der Waals surface area contributed by atoms with Crippen LogP contribution in [0.3, 0.4) is 0 Å². The van der Waals surface area contributed by atoms with E-state index < -0.39 is 0 Å². The summed E-state index contributed by atoms with van der Waals surface area (Å²) in [6.45, 7) is 0. The Morgan fingerprint density at radius 1 is 1.15 bits per heavy atom. The number of benzene rings is 2. The summed E-state index contributed by atoms with van der Waals surface area (Å²) in [4.78, 5) is 21.7. The number of pyridine rings is 1. The van der Waals surface area contributed by atoms with Crippen molar-refractivity contribution in [3.05, 3.63) is 72.0 Å². The van der Waals surface area contributed by atoms with Crippen LogP contribution in [0, 0.1) is 0 Å². The van der Waals surface area contributed by atoms with Gasteiger partial charge in [-0.1, -0.05) is 11.6 Å². The van der Waals surface area contributed by atoms with Gasteiger partial charge in [-0.15, -0.1) is 11.8 Å². The van der Waals surface area contributed by atoms with Gasteiger partial charge in [-0.2, -0.15) is 0 Å². The van der Waals surface area contributed by atoms with Crippen molar-refractivity contribution < 1.29 is 9.21 Å². The third-order valence-electron chi connectivity index (χ3n) is 3.76. The van der Waals surface area contributed by atoms with Crippen molar-refractivity contribution in [2.24, 2.45) is 0 Å². The van der Waals surface area contributed by atoms with Crippen LogP contribution in [0.15, 0.2) is 76.3 Å². The number of anilines is 1. The molecule has 0 bridgehead atoms. The predicted molar refractivity (Wildman–Crippen MR) is 108 cm³/mol. The molecule has 5 nitrogen and oxygen atoms in total. The molecular formula is C20H14ClN3O2S. The van der Waals surface area contributed by atoms with Gasteiger partial charge in [0.1, 0.15) is 5.52 Å². The topological polar surface area (TPSA) is 68.0 Å². The van der Waals surface area contributed by atoms with Crippen LogP contribution in [0.5, 0.6) is 0 Å². The van der Waals surface area contributed by atoms with Crippen LogP contribution in [-0.2, 0) is 4.79 Å². The van der Waals surface area contributed by atoms with Crippen LogP contribution >= 0.6 is 23.4 Å². The molecule has 27 heavy (non-hydrogen) atoms. The van der Waals surface area contributed by atoms with E-state index >= 15 is 0 Å². The van der Waals surface area contributed by atoms with E-state index in [1.165, 1.54) is 11.8 Å². The van der Waals surface area contributed by atoms with Gasteiger partial charge in [-0.05, 0) is 54.6 Å². The van der Waals surface area contributed by atoms with Gasteiger partial charge in [-0.3, -0.25) is 9.78 Å². The number of carbonyl (C=O) groups excluding carboxylic acids is 1. The quantitative estimate of drug-likeness (QED) is 0.466. The van der Waals surface area contributed by atoms with Crippen molar-refractivity contribution in [3.63, 3.8) is 0 Å². The molecule has 0 aliphatic heterocycles. The summed E-state index contributed by atoms with van der Waals surface area (Å²) in [5.74, 6) is 0.713. The summed E-state index contributed by atoms with van der Waals surface area (Å²) in [6, 6.07) is 16.5. The SMILES string of the molecule is O=C(CSc1ccc(Cl)cc1)Nc1ccc2oc(-c3cccnc3)nc2c1.